The molecule has 2 N–H and O–H groups in total. The van der Waals surface area contributed by atoms with Crippen LogP contribution in [0.1, 0.15) is 11.1 Å². The number of ether oxygens (including phenoxy) is 1. The van der Waals surface area contributed by atoms with E-state index in [0.717, 1.165) is 10.0 Å². The molecule has 0 radical (unpaired) electrons. The number of rotatable bonds is 3. The number of nitrogen functional groups attached to an aromatic ring is 1. The molecule has 2 aromatic carbocycles. The minimum atomic E-state index is -0.411. The molecule has 0 heterocycles. The normalized spacial score (nSPS) is 10.4. The summed E-state index contributed by atoms with van der Waals surface area (Å²) < 4.78 is 20.2. The molecule has 0 amide bonds. The van der Waals surface area contributed by atoms with Crippen LogP contribution in [0.25, 0.3) is 0 Å². The molecule has 0 saturated heterocycles. The van der Waals surface area contributed by atoms with Gasteiger partial charge in [-0.1, -0.05) is 28.1 Å². The number of nitrogens with two attached hydrogens (primary N) is 1. The van der Waals surface area contributed by atoms with E-state index in [1.165, 1.54) is 6.07 Å². The smallest absolute Gasteiger partial charge is 0.152 e. The van der Waals surface area contributed by atoms with E-state index in [0.29, 0.717) is 11.3 Å². The highest BCUT2D eigenvalue weighted by Gasteiger charge is 2.06. The maximum Gasteiger partial charge on any atom is 0.152 e. The van der Waals surface area contributed by atoms with Crippen LogP contribution >= 0.6 is 15.9 Å². The minimum absolute atomic E-state index is 0.142. The zero-order valence-corrected chi connectivity index (χ0v) is 11.5. The van der Waals surface area contributed by atoms with Gasteiger partial charge in [0.25, 0.3) is 0 Å². The minimum Gasteiger partial charge on any atom is -0.489 e. The average Bonchev–Trinajstić information content (AvgIpc) is 2.35. The standard InChI is InChI=1S/C14H13BrFNO/c1-9-7-11(5-6-12(9)15)18-8-10-3-2-4-13(17)14(10)16/h2-7H,8,17H2,1H3. The van der Waals surface area contributed by atoms with Crippen molar-refractivity contribution >= 4 is 21.6 Å². The molecule has 94 valence electrons. The molecule has 0 fully saturated rings. The van der Waals surface area contributed by atoms with Crippen molar-refractivity contribution in [3.05, 3.63) is 57.8 Å². The first kappa shape index (κ1) is 12.9. The van der Waals surface area contributed by atoms with Crippen molar-refractivity contribution in [3.63, 3.8) is 0 Å². The van der Waals surface area contributed by atoms with Crippen LogP contribution in [-0.2, 0) is 6.61 Å². The van der Waals surface area contributed by atoms with Crippen molar-refractivity contribution in [2.75, 3.05) is 5.73 Å². The Morgan fingerprint density at radius 2 is 2.06 bits per heavy atom. The topological polar surface area (TPSA) is 35.2 Å². The first-order chi connectivity index (χ1) is 8.58. The van der Waals surface area contributed by atoms with E-state index in [1.807, 2.05) is 25.1 Å². The third kappa shape index (κ3) is 2.82. The predicted molar refractivity (Wildman–Crippen MR) is 74.0 cm³/mol. The van der Waals surface area contributed by atoms with Crippen molar-refractivity contribution in [1.82, 2.24) is 0 Å². The Bertz CT molecular complexity index is 572. The third-order valence-corrected chi connectivity index (χ3v) is 3.52. The summed E-state index contributed by atoms with van der Waals surface area (Å²) in [5.74, 6) is 0.295. The molecule has 2 aromatic rings. The molecule has 0 aliphatic heterocycles. The maximum atomic E-state index is 13.6. The Morgan fingerprint density at radius 3 is 2.78 bits per heavy atom. The Morgan fingerprint density at radius 1 is 1.28 bits per heavy atom. The van der Waals surface area contributed by atoms with Gasteiger partial charge in [-0.25, -0.2) is 4.39 Å². The highest BCUT2D eigenvalue weighted by molar-refractivity contribution is 9.10. The first-order valence-corrected chi connectivity index (χ1v) is 6.29. The summed E-state index contributed by atoms with van der Waals surface area (Å²) in [4.78, 5) is 0. The highest BCUT2D eigenvalue weighted by atomic mass is 79.9. The molecule has 18 heavy (non-hydrogen) atoms. The van der Waals surface area contributed by atoms with E-state index in [9.17, 15) is 4.39 Å². The monoisotopic (exact) mass is 309 g/mol. The number of hydrogen-bond donors (Lipinski definition) is 1. The van der Waals surface area contributed by atoms with Gasteiger partial charge < -0.3 is 10.5 Å². The van der Waals surface area contributed by atoms with Gasteiger partial charge in [-0.3, -0.25) is 0 Å². The summed E-state index contributed by atoms with van der Waals surface area (Å²) in [7, 11) is 0. The van der Waals surface area contributed by atoms with Crippen LogP contribution in [0.5, 0.6) is 5.75 Å². The average molecular weight is 310 g/mol. The SMILES string of the molecule is Cc1cc(OCc2cccc(N)c2F)ccc1Br. The number of anilines is 1. The van der Waals surface area contributed by atoms with Gasteiger partial charge in [0.15, 0.2) is 5.82 Å². The van der Waals surface area contributed by atoms with E-state index in [4.69, 9.17) is 10.5 Å². The van der Waals surface area contributed by atoms with Crippen LogP contribution < -0.4 is 10.5 Å². The van der Waals surface area contributed by atoms with Gasteiger partial charge in [0.1, 0.15) is 12.4 Å². The van der Waals surface area contributed by atoms with Crippen LogP contribution in [0, 0.1) is 12.7 Å². The summed E-state index contributed by atoms with van der Waals surface area (Å²) in [5, 5.41) is 0. The lowest BCUT2D eigenvalue weighted by Gasteiger charge is -2.09. The van der Waals surface area contributed by atoms with Crippen LogP contribution in [0.2, 0.25) is 0 Å². The molecule has 4 heteroatoms. The van der Waals surface area contributed by atoms with Crippen molar-refractivity contribution in [2.45, 2.75) is 13.5 Å². The summed E-state index contributed by atoms with van der Waals surface area (Å²) in [6.07, 6.45) is 0. The molecule has 0 spiro atoms. The van der Waals surface area contributed by atoms with Crippen LogP contribution in [0.15, 0.2) is 40.9 Å². The van der Waals surface area contributed by atoms with E-state index in [1.54, 1.807) is 12.1 Å². The molecule has 0 bridgehead atoms. The fourth-order valence-electron chi connectivity index (χ4n) is 1.58. The zero-order valence-electron chi connectivity index (χ0n) is 9.91. The van der Waals surface area contributed by atoms with Crippen LogP contribution in [0.4, 0.5) is 10.1 Å². The molecule has 0 atom stereocenters. The number of benzene rings is 2. The van der Waals surface area contributed by atoms with Crippen molar-refractivity contribution in [3.8, 4) is 5.75 Å². The second kappa shape index (κ2) is 5.40. The maximum absolute atomic E-state index is 13.6. The molecular weight excluding hydrogens is 297 g/mol. The number of hydrogen-bond acceptors (Lipinski definition) is 2. The Kier molecular flexibility index (Phi) is 3.87. The summed E-state index contributed by atoms with van der Waals surface area (Å²) in [6.45, 7) is 2.13. The molecule has 0 aromatic heterocycles. The quantitative estimate of drug-likeness (QED) is 0.868. The van der Waals surface area contributed by atoms with E-state index < -0.39 is 5.82 Å². The molecule has 2 rings (SSSR count). The van der Waals surface area contributed by atoms with Crippen molar-refractivity contribution < 1.29 is 9.13 Å². The fourth-order valence-corrected chi connectivity index (χ4v) is 1.83. The Balaban J connectivity index is 2.11. The number of halogens is 2. The first-order valence-electron chi connectivity index (χ1n) is 5.50. The third-order valence-electron chi connectivity index (χ3n) is 2.63. The summed E-state index contributed by atoms with van der Waals surface area (Å²) >= 11 is 3.41. The van der Waals surface area contributed by atoms with E-state index in [2.05, 4.69) is 15.9 Å². The molecule has 0 aliphatic rings. The largest absolute Gasteiger partial charge is 0.489 e. The van der Waals surface area contributed by atoms with Gasteiger partial charge >= 0.3 is 0 Å². The summed E-state index contributed by atoms with van der Waals surface area (Å²) in [5.41, 5.74) is 7.16. The molecule has 0 aliphatic carbocycles. The van der Waals surface area contributed by atoms with E-state index in [-0.39, 0.29) is 12.3 Å². The second-order valence-corrected chi connectivity index (χ2v) is 4.87. The predicted octanol–water partition coefficient (Wildman–Crippen LogP) is 4.06. The van der Waals surface area contributed by atoms with Gasteiger partial charge in [-0.15, -0.1) is 0 Å². The zero-order chi connectivity index (χ0) is 13.1. The van der Waals surface area contributed by atoms with Gasteiger partial charge in [-0.2, -0.15) is 0 Å². The van der Waals surface area contributed by atoms with Crippen LogP contribution in [-0.4, -0.2) is 0 Å². The lowest BCUT2D eigenvalue weighted by atomic mass is 10.2. The van der Waals surface area contributed by atoms with Crippen molar-refractivity contribution in [2.24, 2.45) is 0 Å². The molecule has 0 unspecified atom stereocenters. The lowest BCUT2D eigenvalue weighted by Crippen LogP contribution is -2.01. The fraction of sp³-hybridized carbons (Fsp3) is 0.143. The Labute approximate surface area is 114 Å². The highest BCUT2D eigenvalue weighted by Crippen LogP contribution is 2.23. The van der Waals surface area contributed by atoms with Crippen molar-refractivity contribution in [1.29, 1.82) is 0 Å². The van der Waals surface area contributed by atoms with Gasteiger partial charge in [-0.05, 0) is 36.8 Å². The second-order valence-electron chi connectivity index (χ2n) is 4.02. The molecule has 2 nitrogen and oxygen atoms in total. The number of aryl methyl sites for hydroxylation is 1. The lowest BCUT2D eigenvalue weighted by molar-refractivity contribution is 0.300. The van der Waals surface area contributed by atoms with Gasteiger partial charge in [0, 0.05) is 10.0 Å². The van der Waals surface area contributed by atoms with Gasteiger partial charge in [0.2, 0.25) is 0 Å². The molecular formula is C14H13BrFNO. The Hall–Kier alpha value is -1.55. The van der Waals surface area contributed by atoms with Crippen LogP contribution in [0.3, 0.4) is 0 Å². The molecule has 0 saturated carbocycles. The van der Waals surface area contributed by atoms with Gasteiger partial charge in [0.05, 0.1) is 5.69 Å². The van der Waals surface area contributed by atoms with E-state index >= 15 is 0 Å². The summed E-state index contributed by atoms with van der Waals surface area (Å²) in [6, 6.07) is 10.5.